The Bertz CT molecular complexity index is 1420. The molecule has 0 spiro atoms. The van der Waals surface area contributed by atoms with Crippen molar-refractivity contribution in [2.45, 2.75) is 154 Å². The van der Waals surface area contributed by atoms with Crippen molar-refractivity contribution in [3.8, 4) is 0 Å². The minimum absolute atomic E-state index is 0.102. The Morgan fingerprint density at radius 3 is 1.39 bits per heavy atom. The maximum Gasteiger partial charge on any atom is 0.472 e. The van der Waals surface area contributed by atoms with E-state index in [1.54, 1.807) is 0 Å². The number of carbonyl (C=O) groups excluding carboxylic acids is 2. The molecule has 0 aromatic carbocycles. The Hall–Kier alpha value is -3.63. The molecule has 0 heterocycles. The topological polar surface area (TPSA) is 149 Å². The van der Waals surface area contributed by atoms with Crippen LogP contribution in [0.5, 0.6) is 0 Å². The van der Waals surface area contributed by atoms with Gasteiger partial charge in [-0.2, -0.15) is 0 Å². The fourth-order valence-electron chi connectivity index (χ4n) is 5.18. The molecule has 10 nitrogen and oxygen atoms in total. The molecule has 0 aliphatic heterocycles. The summed E-state index contributed by atoms with van der Waals surface area (Å²) in [6, 6.07) is 0. The van der Waals surface area contributed by atoms with Gasteiger partial charge in [0.15, 0.2) is 6.10 Å². The van der Waals surface area contributed by atoms with E-state index >= 15 is 0 Å². The minimum atomic E-state index is -4.66. The predicted octanol–water partition coefficient (Wildman–Crippen LogP) is 12.3. The average molecular weight is 871 g/mol. The number of allylic oxidation sites excluding steroid dienone is 20. The molecule has 3 atom stereocenters. The molecular weight excluding hydrogens is 792 g/mol. The van der Waals surface area contributed by atoms with Gasteiger partial charge in [0.2, 0.25) is 0 Å². The lowest BCUT2D eigenvalue weighted by Gasteiger charge is -2.20. The van der Waals surface area contributed by atoms with E-state index in [4.69, 9.17) is 19.1 Å². The summed E-state index contributed by atoms with van der Waals surface area (Å²) in [7, 11) is -4.66. The fourth-order valence-corrected chi connectivity index (χ4v) is 5.97. The molecular formula is C50H79O10P. The lowest BCUT2D eigenvalue weighted by atomic mass is 10.1. The molecule has 11 heteroatoms. The number of aliphatic hydroxyl groups excluding tert-OH is 2. The summed E-state index contributed by atoms with van der Waals surface area (Å²) in [6.45, 7) is 2.09. The van der Waals surface area contributed by atoms with Crippen LogP contribution >= 0.6 is 7.82 Å². The summed E-state index contributed by atoms with van der Waals surface area (Å²) in [6.07, 6.45) is 57.5. The van der Waals surface area contributed by atoms with E-state index < -0.39 is 51.8 Å². The SMILES string of the molecule is CC/C=C\C/C=C\C/C=C\C/C=C\C/C=C\CCCCCC(=O)O[C@H](COC(=O)CC/C=C\C/C=C\C/C=C\C/C=C\C/C=C\CCCCC)COP(=O)(O)OC[C@@H](O)CO. The highest BCUT2D eigenvalue weighted by Crippen LogP contribution is 2.43. The molecule has 0 fully saturated rings. The number of rotatable bonds is 40. The zero-order chi connectivity index (χ0) is 44.8. The zero-order valence-electron chi connectivity index (χ0n) is 37.3. The number of phosphoric acid groups is 1. The van der Waals surface area contributed by atoms with Gasteiger partial charge in [-0.3, -0.25) is 18.6 Å². The molecule has 1 unspecified atom stereocenters. The highest BCUT2D eigenvalue weighted by Gasteiger charge is 2.27. The molecule has 0 amide bonds. The molecule has 0 saturated heterocycles. The van der Waals surface area contributed by atoms with E-state index in [0.717, 1.165) is 77.0 Å². The molecule has 344 valence electrons. The Morgan fingerprint density at radius 1 is 0.508 bits per heavy atom. The van der Waals surface area contributed by atoms with Crippen LogP contribution in [0.25, 0.3) is 0 Å². The third-order valence-electron chi connectivity index (χ3n) is 8.61. The van der Waals surface area contributed by atoms with Crippen LogP contribution in [0.3, 0.4) is 0 Å². The van der Waals surface area contributed by atoms with E-state index in [1.807, 2.05) is 12.2 Å². The summed E-state index contributed by atoms with van der Waals surface area (Å²) in [4.78, 5) is 35.0. The minimum Gasteiger partial charge on any atom is -0.462 e. The van der Waals surface area contributed by atoms with Crippen LogP contribution in [0.4, 0.5) is 0 Å². The van der Waals surface area contributed by atoms with Gasteiger partial charge in [-0.15, -0.1) is 0 Å². The van der Waals surface area contributed by atoms with Crippen molar-refractivity contribution in [2.75, 3.05) is 26.4 Å². The number of phosphoric ester groups is 1. The van der Waals surface area contributed by atoms with Gasteiger partial charge in [-0.1, -0.05) is 155 Å². The Balaban J connectivity index is 4.49. The van der Waals surface area contributed by atoms with Crippen LogP contribution in [-0.4, -0.2) is 65.7 Å². The van der Waals surface area contributed by atoms with Crippen LogP contribution in [-0.2, 0) is 32.7 Å². The average Bonchev–Trinajstić information content (AvgIpc) is 3.25. The summed E-state index contributed by atoms with van der Waals surface area (Å²) in [5.74, 6) is -1.07. The van der Waals surface area contributed by atoms with Crippen LogP contribution in [0.2, 0.25) is 0 Å². The Kier molecular flexibility index (Phi) is 41.8. The zero-order valence-corrected chi connectivity index (χ0v) is 38.2. The van der Waals surface area contributed by atoms with Crippen molar-refractivity contribution >= 4 is 19.8 Å². The smallest absolute Gasteiger partial charge is 0.462 e. The van der Waals surface area contributed by atoms with Gasteiger partial charge < -0.3 is 24.6 Å². The molecule has 0 aromatic heterocycles. The monoisotopic (exact) mass is 871 g/mol. The fraction of sp³-hybridized carbons (Fsp3) is 0.560. The maximum absolute atomic E-state index is 12.6. The summed E-state index contributed by atoms with van der Waals surface area (Å²) in [5.41, 5.74) is 0. The van der Waals surface area contributed by atoms with E-state index in [1.165, 1.54) is 25.7 Å². The number of ether oxygens (including phenoxy) is 2. The number of carbonyl (C=O) groups is 2. The number of aliphatic hydroxyl groups is 2. The van der Waals surface area contributed by atoms with Crippen molar-refractivity contribution in [1.82, 2.24) is 0 Å². The largest absolute Gasteiger partial charge is 0.472 e. The van der Waals surface area contributed by atoms with E-state index in [-0.39, 0.29) is 19.4 Å². The normalized spacial score (nSPS) is 14.9. The molecule has 0 aromatic rings. The number of hydrogen-bond donors (Lipinski definition) is 3. The van der Waals surface area contributed by atoms with Crippen molar-refractivity contribution in [2.24, 2.45) is 0 Å². The summed E-state index contributed by atoms with van der Waals surface area (Å²) in [5, 5.41) is 18.4. The lowest BCUT2D eigenvalue weighted by molar-refractivity contribution is -0.161. The standard InChI is InChI=1S/C50H79O10P/c1-3-5-7-9-11-13-15-17-19-21-23-25-27-29-31-33-35-37-39-41-49(53)57-45-48(46-59-61(55,56)58-44-47(52)43-51)60-50(54)42-40-38-36-34-32-30-28-26-24-22-20-18-16-14-12-10-8-6-4-2/h6,8,11-14,17-20,23-26,29-32,35,37,47-48,51-52H,3-5,7,9-10,15-16,21-22,27-28,33-34,36,38-46H2,1-2H3,(H,55,56)/b8-6-,13-11-,14-12-,19-17-,20-18-,25-23-,26-24-,31-29-,32-30-,37-35-/t47-,48+/m0/s1. The number of unbranched alkanes of at least 4 members (excludes halogenated alkanes) is 6. The third-order valence-corrected chi connectivity index (χ3v) is 9.56. The van der Waals surface area contributed by atoms with Gasteiger partial charge in [-0.25, -0.2) is 4.57 Å². The number of esters is 2. The van der Waals surface area contributed by atoms with Crippen LogP contribution in [0.1, 0.15) is 142 Å². The van der Waals surface area contributed by atoms with Crippen molar-refractivity contribution in [1.29, 1.82) is 0 Å². The van der Waals surface area contributed by atoms with Crippen LogP contribution < -0.4 is 0 Å². The van der Waals surface area contributed by atoms with Crippen LogP contribution in [0.15, 0.2) is 122 Å². The second-order valence-corrected chi connectivity index (χ2v) is 15.8. The predicted molar refractivity (Wildman–Crippen MR) is 251 cm³/mol. The molecule has 0 aliphatic rings. The number of hydrogen-bond acceptors (Lipinski definition) is 9. The molecule has 61 heavy (non-hydrogen) atoms. The molecule has 0 rings (SSSR count). The highest BCUT2D eigenvalue weighted by atomic mass is 31.2. The first kappa shape index (κ1) is 57.4. The van der Waals surface area contributed by atoms with E-state index in [9.17, 15) is 24.2 Å². The Labute approximate surface area is 368 Å². The van der Waals surface area contributed by atoms with Gasteiger partial charge in [0.05, 0.1) is 19.8 Å². The first-order valence-corrected chi connectivity index (χ1v) is 24.0. The van der Waals surface area contributed by atoms with E-state index in [0.29, 0.717) is 12.8 Å². The molecule has 0 saturated carbocycles. The summed E-state index contributed by atoms with van der Waals surface area (Å²) < 4.78 is 32.6. The lowest BCUT2D eigenvalue weighted by Crippen LogP contribution is -2.29. The van der Waals surface area contributed by atoms with E-state index in [2.05, 4.69) is 128 Å². The second kappa shape index (κ2) is 44.4. The summed E-state index contributed by atoms with van der Waals surface area (Å²) >= 11 is 0. The molecule has 3 N–H and O–H groups in total. The van der Waals surface area contributed by atoms with Crippen molar-refractivity contribution in [3.05, 3.63) is 122 Å². The van der Waals surface area contributed by atoms with Crippen molar-refractivity contribution in [3.63, 3.8) is 0 Å². The van der Waals surface area contributed by atoms with Gasteiger partial charge in [0.25, 0.3) is 0 Å². The first-order valence-electron chi connectivity index (χ1n) is 22.5. The highest BCUT2D eigenvalue weighted by molar-refractivity contribution is 7.47. The van der Waals surface area contributed by atoms with Crippen molar-refractivity contribution < 1.29 is 47.8 Å². The third kappa shape index (κ3) is 44.2. The van der Waals surface area contributed by atoms with Gasteiger partial charge in [-0.05, 0) is 96.3 Å². The maximum atomic E-state index is 12.6. The Morgan fingerprint density at radius 2 is 0.934 bits per heavy atom. The molecule has 0 bridgehead atoms. The van der Waals surface area contributed by atoms with Gasteiger partial charge in [0.1, 0.15) is 12.7 Å². The van der Waals surface area contributed by atoms with Gasteiger partial charge >= 0.3 is 19.8 Å². The molecule has 0 aliphatic carbocycles. The second-order valence-electron chi connectivity index (χ2n) is 14.3. The van der Waals surface area contributed by atoms with Crippen LogP contribution in [0, 0.1) is 0 Å². The molecule has 0 radical (unpaired) electrons. The quantitative estimate of drug-likeness (QED) is 0.0235. The first-order chi connectivity index (χ1) is 29.7. The van der Waals surface area contributed by atoms with Gasteiger partial charge in [0, 0.05) is 12.8 Å².